The average molecular weight is 514 g/mol. The SMILES string of the molecule is CCNC(=NCCc1cccc(O)c1)NC1CCN(C(=O)C2CCCCC2)C1.I. The summed E-state index contributed by atoms with van der Waals surface area (Å²) >= 11 is 0. The fourth-order valence-corrected chi connectivity index (χ4v) is 4.21. The largest absolute Gasteiger partial charge is 0.508 e. The number of hydrogen-bond acceptors (Lipinski definition) is 3. The van der Waals surface area contributed by atoms with Gasteiger partial charge in [-0.05, 0) is 50.3 Å². The Bertz CT molecular complexity index is 677. The van der Waals surface area contributed by atoms with Gasteiger partial charge in [0.2, 0.25) is 5.91 Å². The molecular weight excluding hydrogens is 479 g/mol. The number of halogens is 1. The van der Waals surface area contributed by atoms with Crippen LogP contribution in [0.15, 0.2) is 29.3 Å². The number of guanidine groups is 1. The van der Waals surface area contributed by atoms with Gasteiger partial charge in [-0.2, -0.15) is 0 Å². The molecule has 1 aromatic rings. The van der Waals surface area contributed by atoms with Gasteiger partial charge in [0.15, 0.2) is 5.96 Å². The molecular formula is C22H35IN4O2. The van der Waals surface area contributed by atoms with E-state index in [1.807, 2.05) is 17.0 Å². The maximum Gasteiger partial charge on any atom is 0.225 e. The maximum atomic E-state index is 12.7. The molecule has 0 aromatic heterocycles. The summed E-state index contributed by atoms with van der Waals surface area (Å²) < 4.78 is 0. The van der Waals surface area contributed by atoms with Crippen molar-refractivity contribution < 1.29 is 9.90 Å². The number of nitrogens with zero attached hydrogens (tertiary/aromatic N) is 2. The van der Waals surface area contributed by atoms with E-state index in [1.54, 1.807) is 12.1 Å². The lowest BCUT2D eigenvalue weighted by Gasteiger charge is -2.26. The minimum atomic E-state index is 0. The zero-order valence-electron chi connectivity index (χ0n) is 17.4. The summed E-state index contributed by atoms with van der Waals surface area (Å²) in [6.45, 7) is 5.12. The van der Waals surface area contributed by atoms with Crippen LogP contribution >= 0.6 is 24.0 Å². The third kappa shape index (κ3) is 7.35. The number of carbonyl (C=O) groups is 1. The molecule has 1 heterocycles. The predicted octanol–water partition coefficient (Wildman–Crippen LogP) is 3.29. The van der Waals surface area contributed by atoms with Crippen molar-refractivity contribution >= 4 is 35.8 Å². The van der Waals surface area contributed by atoms with Gasteiger partial charge < -0.3 is 20.6 Å². The second kappa shape index (κ2) is 12.2. The van der Waals surface area contributed by atoms with Crippen molar-refractivity contribution in [1.82, 2.24) is 15.5 Å². The molecule has 2 fully saturated rings. The summed E-state index contributed by atoms with van der Waals surface area (Å²) in [6, 6.07) is 7.57. The molecule has 3 N–H and O–H groups in total. The van der Waals surface area contributed by atoms with Crippen molar-refractivity contribution in [2.75, 3.05) is 26.2 Å². The Kier molecular flexibility index (Phi) is 10.0. The van der Waals surface area contributed by atoms with Crippen LogP contribution in [0.4, 0.5) is 0 Å². The molecule has 1 aliphatic heterocycles. The molecule has 1 amide bonds. The first-order valence-corrected chi connectivity index (χ1v) is 10.8. The fraction of sp³-hybridized carbons (Fsp3) is 0.636. The average Bonchev–Trinajstić information content (AvgIpc) is 3.17. The zero-order chi connectivity index (χ0) is 19.8. The molecule has 2 aliphatic rings. The number of benzene rings is 1. The van der Waals surface area contributed by atoms with E-state index in [0.29, 0.717) is 18.2 Å². The van der Waals surface area contributed by atoms with Gasteiger partial charge in [-0.1, -0.05) is 31.4 Å². The first-order valence-electron chi connectivity index (χ1n) is 10.8. The lowest BCUT2D eigenvalue weighted by molar-refractivity contribution is -0.135. The number of carbonyl (C=O) groups excluding carboxylic acids is 1. The number of nitrogens with one attached hydrogen (secondary N) is 2. The summed E-state index contributed by atoms with van der Waals surface area (Å²) in [5.41, 5.74) is 1.07. The Morgan fingerprint density at radius 1 is 1.24 bits per heavy atom. The summed E-state index contributed by atoms with van der Waals surface area (Å²) in [5.74, 6) is 1.70. The number of hydrogen-bond donors (Lipinski definition) is 3. The predicted molar refractivity (Wildman–Crippen MR) is 128 cm³/mol. The standard InChI is InChI=1S/C22H34N4O2.HI/c1-2-23-22(24-13-11-17-7-6-10-20(27)15-17)25-19-12-14-26(16-19)21(28)18-8-4-3-5-9-18;/h6-7,10,15,18-19,27H,2-5,8-9,11-14,16H2,1H3,(H2,23,24,25);1H. The highest BCUT2D eigenvalue weighted by Crippen LogP contribution is 2.26. The van der Waals surface area contributed by atoms with E-state index >= 15 is 0 Å². The Hall–Kier alpha value is -1.51. The Balaban J connectivity index is 0.00000300. The van der Waals surface area contributed by atoms with Gasteiger partial charge >= 0.3 is 0 Å². The van der Waals surface area contributed by atoms with Crippen molar-refractivity contribution in [1.29, 1.82) is 0 Å². The van der Waals surface area contributed by atoms with Crippen LogP contribution in [0, 0.1) is 5.92 Å². The lowest BCUT2D eigenvalue weighted by Crippen LogP contribution is -2.45. The topological polar surface area (TPSA) is 77.0 Å². The Labute approximate surface area is 191 Å². The van der Waals surface area contributed by atoms with Crippen LogP contribution in [-0.2, 0) is 11.2 Å². The molecule has 1 saturated heterocycles. The summed E-state index contributed by atoms with van der Waals surface area (Å²) in [5, 5.41) is 16.4. The van der Waals surface area contributed by atoms with Crippen molar-refractivity contribution in [3.63, 3.8) is 0 Å². The fourth-order valence-electron chi connectivity index (χ4n) is 4.21. The molecule has 1 aromatic carbocycles. The van der Waals surface area contributed by atoms with Gasteiger partial charge in [-0.25, -0.2) is 0 Å². The summed E-state index contributed by atoms with van der Waals surface area (Å²) in [6.07, 6.45) is 7.54. The molecule has 1 aliphatic carbocycles. The highest BCUT2D eigenvalue weighted by atomic mass is 127. The second-order valence-electron chi connectivity index (χ2n) is 7.93. The first-order chi connectivity index (χ1) is 13.7. The van der Waals surface area contributed by atoms with Gasteiger partial charge in [0.1, 0.15) is 5.75 Å². The van der Waals surface area contributed by atoms with E-state index < -0.39 is 0 Å². The van der Waals surface area contributed by atoms with Crippen molar-refractivity contribution in [2.45, 2.75) is 57.9 Å². The first kappa shape index (κ1) is 23.8. The highest BCUT2D eigenvalue weighted by Gasteiger charge is 2.31. The maximum absolute atomic E-state index is 12.7. The summed E-state index contributed by atoms with van der Waals surface area (Å²) in [4.78, 5) is 19.5. The quantitative estimate of drug-likeness (QED) is 0.310. The molecule has 3 rings (SSSR count). The third-order valence-electron chi connectivity index (χ3n) is 5.72. The zero-order valence-corrected chi connectivity index (χ0v) is 19.7. The number of aliphatic imine (C=N–C) groups is 1. The summed E-state index contributed by atoms with van der Waals surface area (Å²) in [7, 11) is 0. The minimum Gasteiger partial charge on any atom is -0.508 e. The van der Waals surface area contributed by atoms with Crippen molar-refractivity contribution in [3.05, 3.63) is 29.8 Å². The van der Waals surface area contributed by atoms with Crippen molar-refractivity contribution in [2.24, 2.45) is 10.9 Å². The Morgan fingerprint density at radius 3 is 2.76 bits per heavy atom. The third-order valence-corrected chi connectivity index (χ3v) is 5.72. The highest BCUT2D eigenvalue weighted by molar-refractivity contribution is 14.0. The molecule has 0 radical (unpaired) electrons. The van der Waals surface area contributed by atoms with Crippen LogP contribution in [0.2, 0.25) is 0 Å². The number of aromatic hydroxyl groups is 1. The number of rotatable bonds is 6. The van der Waals surface area contributed by atoms with Gasteiger partial charge in [-0.3, -0.25) is 9.79 Å². The van der Waals surface area contributed by atoms with E-state index in [0.717, 1.165) is 56.8 Å². The van der Waals surface area contributed by atoms with Crippen molar-refractivity contribution in [3.8, 4) is 5.75 Å². The molecule has 1 unspecified atom stereocenters. The molecule has 1 saturated carbocycles. The molecule has 6 nitrogen and oxygen atoms in total. The number of phenols is 1. The van der Waals surface area contributed by atoms with Crippen LogP contribution in [0.25, 0.3) is 0 Å². The molecule has 0 spiro atoms. The van der Waals surface area contributed by atoms with E-state index in [9.17, 15) is 9.90 Å². The number of amides is 1. The lowest BCUT2D eigenvalue weighted by atomic mass is 9.88. The normalized spacial score (nSPS) is 20.2. The van der Waals surface area contributed by atoms with E-state index in [-0.39, 0.29) is 35.9 Å². The van der Waals surface area contributed by atoms with Crippen LogP contribution in [0.3, 0.4) is 0 Å². The van der Waals surface area contributed by atoms with Crippen LogP contribution in [-0.4, -0.2) is 54.1 Å². The monoisotopic (exact) mass is 514 g/mol. The van der Waals surface area contributed by atoms with Crippen LogP contribution in [0.5, 0.6) is 5.75 Å². The minimum absolute atomic E-state index is 0. The smallest absolute Gasteiger partial charge is 0.225 e. The number of phenolic OH excluding ortho intramolecular Hbond substituents is 1. The van der Waals surface area contributed by atoms with Gasteiger partial charge in [-0.15, -0.1) is 24.0 Å². The van der Waals surface area contributed by atoms with Gasteiger partial charge in [0.05, 0.1) is 0 Å². The van der Waals surface area contributed by atoms with Gasteiger partial charge in [0.25, 0.3) is 0 Å². The molecule has 7 heteroatoms. The van der Waals surface area contributed by atoms with E-state index in [1.165, 1.54) is 19.3 Å². The Morgan fingerprint density at radius 2 is 2.03 bits per heavy atom. The van der Waals surface area contributed by atoms with E-state index in [4.69, 9.17) is 0 Å². The molecule has 0 bridgehead atoms. The van der Waals surface area contributed by atoms with Crippen LogP contribution in [0.1, 0.15) is 51.0 Å². The second-order valence-corrected chi connectivity index (χ2v) is 7.93. The molecule has 162 valence electrons. The van der Waals surface area contributed by atoms with E-state index in [2.05, 4.69) is 22.5 Å². The molecule has 29 heavy (non-hydrogen) atoms. The molecule has 1 atom stereocenters. The van der Waals surface area contributed by atoms with Gasteiger partial charge in [0, 0.05) is 38.1 Å². The number of likely N-dealkylation sites (tertiary alicyclic amines) is 1. The van der Waals surface area contributed by atoms with Crippen LogP contribution < -0.4 is 10.6 Å².